The molecule has 0 bridgehead atoms. The summed E-state index contributed by atoms with van der Waals surface area (Å²) < 4.78 is 15.8. The standard InChI is InChI=1S/C27H27FN4OS/c1-18-10-15-21(16-23(18)28)29-24(33)17-34-26-31-30-25(32(26)22-8-6-5-7-9-22)19-11-13-20(14-12-19)27(2,3)4/h5-16H,17H2,1-4H3,(H,29,33). The van der Waals surface area contributed by atoms with E-state index in [0.717, 1.165) is 11.3 Å². The van der Waals surface area contributed by atoms with Crippen molar-refractivity contribution < 1.29 is 9.18 Å². The Labute approximate surface area is 203 Å². The van der Waals surface area contributed by atoms with Crippen LogP contribution in [0.4, 0.5) is 10.1 Å². The van der Waals surface area contributed by atoms with Crippen molar-refractivity contribution in [3.63, 3.8) is 0 Å². The predicted molar refractivity (Wildman–Crippen MR) is 136 cm³/mol. The number of rotatable bonds is 6. The largest absolute Gasteiger partial charge is 0.325 e. The summed E-state index contributed by atoms with van der Waals surface area (Å²) in [6.45, 7) is 8.22. The van der Waals surface area contributed by atoms with Gasteiger partial charge in [0.2, 0.25) is 5.91 Å². The Bertz CT molecular complexity index is 1290. The van der Waals surface area contributed by atoms with E-state index in [0.29, 0.717) is 22.2 Å². The Morgan fingerprint density at radius 2 is 1.71 bits per heavy atom. The minimum atomic E-state index is -0.351. The molecule has 4 rings (SSSR count). The van der Waals surface area contributed by atoms with E-state index < -0.39 is 0 Å². The highest BCUT2D eigenvalue weighted by Gasteiger charge is 2.19. The second-order valence-electron chi connectivity index (χ2n) is 9.11. The summed E-state index contributed by atoms with van der Waals surface area (Å²) in [4.78, 5) is 12.5. The number of nitrogens with one attached hydrogen (secondary N) is 1. The summed E-state index contributed by atoms with van der Waals surface area (Å²) in [5.41, 5.74) is 4.10. The molecule has 0 spiro atoms. The van der Waals surface area contributed by atoms with E-state index >= 15 is 0 Å². The van der Waals surface area contributed by atoms with Crippen molar-refractivity contribution in [1.29, 1.82) is 0 Å². The van der Waals surface area contributed by atoms with Crippen LogP contribution in [0.3, 0.4) is 0 Å². The van der Waals surface area contributed by atoms with Crippen LogP contribution in [0.1, 0.15) is 31.9 Å². The number of hydrogen-bond acceptors (Lipinski definition) is 4. The molecule has 0 radical (unpaired) electrons. The van der Waals surface area contributed by atoms with Gasteiger partial charge in [0.05, 0.1) is 5.75 Å². The lowest BCUT2D eigenvalue weighted by molar-refractivity contribution is -0.113. The van der Waals surface area contributed by atoms with Gasteiger partial charge in [0.1, 0.15) is 5.82 Å². The molecule has 1 heterocycles. The number of nitrogens with zero attached hydrogens (tertiary/aromatic N) is 3. The first-order chi connectivity index (χ1) is 16.2. The number of halogens is 1. The Morgan fingerprint density at radius 1 is 1.00 bits per heavy atom. The van der Waals surface area contributed by atoms with Gasteiger partial charge in [0.25, 0.3) is 0 Å². The number of aryl methyl sites for hydroxylation is 1. The summed E-state index contributed by atoms with van der Waals surface area (Å²) in [6.07, 6.45) is 0. The summed E-state index contributed by atoms with van der Waals surface area (Å²) >= 11 is 1.28. The number of para-hydroxylation sites is 1. The van der Waals surface area contributed by atoms with E-state index in [1.54, 1.807) is 19.1 Å². The smallest absolute Gasteiger partial charge is 0.234 e. The second-order valence-corrected chi connectivity index (χ2v) is 10.0. The Morgan fingerprint density at radius 3 is 2.35 bits per heavy atom. The molecule has 1 amide bonds. The normalized spacial score (nSPS) is 11.4. The van der Waals surface area contributed by atoms with Crippen LogP contribution in [0, 0.1) is 12.7 Å². The molecule has 0 aliphatic rings. The maximum absolute atomic E-state index is 13.8. The van der Waals surface area contributed by atoms with Crippen molar-refractivity contribution in [1.82, 2.24) is 14.8 Å². The summed E-state index contributed by atoms with van der Waals surface area (Å²) in [6, 6.07) is 22.8. The van der Waals surface area contributed by atoms with E-state index in [1.807, 2.05) is 34.9 Å². The Kier molecular flexibility index (Phi) is 6.84. The number of amides is 1. The topological polar surface area (TPSA) is 59.8 Å². The number of aromatic nitrogens is 3. The molecule has 4 aromatic rings. The number of carbonyl (C=O) groups excluding carboxylic acids is 1. The zero-order chi connectivity index (χ0) is 24.3. The molecule has 5 nitrogen and oxygen atoms in total. The fourth-order valence-corrected chi connectivity index (χ4v) is 4.23. The molecular formula is C27H27FN4OS. The molecule has 34 heavy (non-hydrogen) atoms. The van der Waals surface area contributed by atoms with Crippen molar-refractivity contribution in [2.75, 3.05) is 11.1 Å². The molecule has 0 saturated carbocycles. The molecule has 0 fully saturated rings. The molecule has 1 N–H and O–H groups in total. The second kappa shape index (κ2) is 9.81. The van der Waals surface area contributed by atoms with Crippen LogP contribution in [0.5, 0.6) is 0 Å². The van der Waals surface area contributed by atoms with Gasteiger partial charge in [-0.1, -0.05) is 81.1 Å². The fourth-order valence-electron chi connectivity index (χ4n) is 3.48. The average Bonchev–Trinajstić information content (AvgIpc) is 3.24. The molecule has 174 valence electrons. The van der Waals surface area contributed by atoms with Gasteiger partial charge in [-0.05, 0) is 47.7 Å². The first-order valence-electron chi connectivity index (χ1n) is 11.0. The van der Waals surface area contributed by atoms with Crippen molar-refractivity contribution in [2.45, 2.75) is 38.3 Å². The van der Waals surface area contributed by atoms with Gasteiger partial charge >= 0.3 is 0 Å². The predicted octanol–water partition coefficient (Wildman–Crippen LogP) is 6.41. The van der Waals surface area contributed by atoms with Crippen LogP contribution in [0.15, 0.2) is 78.0 Å². The molecule has 0 saturated heterocycles. The van der Waals surface area contributed by atoms with Crippen LogP contribution >= 0.6 is 11.8 Å². The lowest BCUT2D eigenvalue weighted by atomic mass is 9.87. The zero-order valence-electron chi connectivity index (χ0n) is 19.7. The minimum Gasteiger partial charge on any atom is -0.325 e. The third-order valence-corrected chi connectivity index (χ3v) is 6.37. The van der Waals surface area contributed by atoms with Crippen molar-refractivity contribution >= 4 is 23.4 Å². The fraction of sp³-hybridized carbons (Fsp3) is 0.222. The van der Waals surface area contributed by atoms with Gasteiger partial charge in [-0.3, -0.25) is 9.36 Å². The first-order valence-corrected chi connectivity index (χ1v) is 12.0. The molecular weight excluding hydrogens is 447 g/mol. The Hall–Kier alpha value is -3.45. The van der Waals surface area contributed by atoms with Crippen molar-refractivity contribution in [2.24, 2.45) is 0 Å². The first kappa shape index (κ1) is 23.7. The van der Waals surface area contributed by atoms with Gasteiger partial charge in [-0.15, -0.1) is 10.2 Å². The van der Waals surface area contributed by atoms with Crippen molar-refractivity contribution in [3.8, 4) is 17.1 Å². The summed E-state index contributed by atoms with van der Waals surface area (Å²) in [7, 11) is 0. The highest BCUT2D eigenvalue weighted by Crippen LogP contribution is 2.30. The molecule has 3 aromatic carbocycles. The number of thioether (sulfide) groups is 1. The molecule has 0 aliphatic heterocycles. The van der Waals surface area contributed by atoms with Crippen LogP contribution in [0.25, 0.3) is 17.1 Å². The van der Waals surface area contributed by atoms with Crippen LogP contribution in [-0.4, -0.2) is 26.4 Å². The minimum absolute atomic E-state index is 0.0559. The molecule has 0 atom stereocenters. The molecule has 1 aromatic heterocycles. The summed E-state index contributed by atoms with van der Waals surface area (Å²) in [5, 5.41) is 12.2. The SMILES string of the molecule is Cc1ccc(NC(=O)CSc2nnc(-c3ccc(C(C)(C)C)cc3)n2-c2ccccc2)cc1F. The lowest BCUT2D eigenvalue weighted by Gasteiger charge is -2.19. The number of anilines is 1. The maximum Gasteiger partial charge on any atom is 0.234 e. The average molecular weight is 475 g/mol. The quantitative estimate of drug-likeness (QED) is 0.328. The van der Waals surface area contributed by atoms with Gasteiger partial charge in [-0.25, -0.2) is 4.39 Å². The van der Waals surface area contributed by atoms with E-state index in [1.165, 1.54) is 23.4 Å². The number of benzene rings is 3. The third kappa shape index (κ3) is 5.37. The van der Waals surface area contributed by atoms with E-state index in [-0.39, 0.29) is 22.9 Å². The summed E-state index contributed by atoms with van der Waals surface area (Å²) in [5.74, 6) is 0.224. The van der Waals surface area contributed by atoms with E-state index in [9.17, 15) is 9.18 Å². The van der Waals surface area contributed by atoms with Crippen LogP contribution in [0.2, 0.25) is 0 Å². The van der Waals surface area contributed by atoms with Gasteiger partial charge in [0, 0.05) is 16.9 Å². The zero-order valence-corrected chi connectivity index (χ0v) is 20.5. The molecule has 7 heteroatoms. The van der Waals surface area contributed by atoms with Gasteiger partial charge in [-0.2, -0.15) is 0 Å². The highest BCUT2D eigenvalue weighted by molar-refractivity contribution is 7.99. The maximum atomic E-state index is 13.8. The lowest BCUT2D eigenvalue weighted by Crippen LogP contribution is -2.14. The van der Waals surface area contributed by atoms with Gasteiger partial charge in [0.15, 0.2) is 11.0 Å². The van der Waals surface area contributed by atoms with Gasteiger partial charge < -0.3 is 5.32 Å². The van der Waals surface area contributed by atoms with Crippen LogP contribution < -0.4 is 5.32 Å². The van der Waals surface area contributed by atoms with E-state index in [2.05, 4.69) is 60.6 Å². The monoisotopic (exact) mass is 474 g/mol. The van der Waals surface area contributed by atoms with Crippen molar-refractivity contribution in [3.05, 3.63) is 89.7 Å². The Balaban J connectivity index is 1.58. The number of hydrogen-bond donors (Lipinski definition) is 1. The molecule has 0 aliphatic carbocycles. The van der Waals surface area contributed by atoms with Crippen LogP contribution in [-0.2, 0) is 10.2 Å². The third-order valence-electron chi connectivity index (χ3n) is 5.44. The van der Waals surface area contributed by atoms with E-state index in [4.69, 9.17) is 0 Å². The highest BCUT2D eigenvalue weighted by atomic mass is 32.2. The molecule has 0 unspecified atom stereocenters. The number of carbonyl (C=O) groups is 1.